The lowest BCUT2D eigenvalue weighted by Gasteiger charge is -2.36. The molecule has 2 aromatic carbocycles. The number of benzene rings is 2. The molecule has 0 spiro atoms. The van der Waals surface area contributed by atoms with Gasteiger partial charge in [0.05, 0.1) is 24.9 Å². The molecule has 2 fully saturated rings. The molecule has 5 rings (SSSR count). The van der Waals surface area contributed by atoms with E-state index in [1.807, 2.05) is 53.4 Å². The lowest BCUT2D eigenvalue weighted by Crippen LogP contribution is -2.49. The second kappa shape index (κ2) is 10.5. The van der Waals surface area contributed by atoms with Gasteiger partial charge < -0.3 is 20.3 Å². The van der Waals surface area contributed by atoms with E-state index in [0.717, 1.165) is 29.7 Å². The number of hydrogen-bond acceptors (Lipinski definition) is 6. The average molecular weight is 516 g/mol. The zero-order valence-electron chi connectivity index (χ0n) is 22.5. The fraction of sp³-hybridized carbons (Fsp3) is 0.433. The Kier molecular flexibility index (Phi) is 7.15. The molecular weight excluding hydrogens is 478 g/mol. The third kappa shape index (κ3) is 5.54. The van der Waals surface area contributed by atoms with Gasteiger partial charge in [-0.15, -0.1) is 0 Å². The van der Waals surface area contributed by atoms with E-state index in [0.29, 0.717) is 62.2 Å². The summed E-state index contributed by atoms with van der Waals surface area (Å²) in [6.45, 7) is 9.25. The second-order valence-corrected chi connectivity index (χ2v) is 11.2. The van der Waals surface area contributed by atoms with E-state index in [1.54, 1.807) is 6.20 Å². The standard InChI is InChI=1S/C30H37N5O3/c1-21(2)24-17-22(9-10-25(24)31)18-27(36)34-15-13-33(14-16-34)26-19-32-35(23-7-5-4-6-8-23)29(37)28(26)38-20-30(3)11-12-30/h4-10,17,19,21H,11-16,18,20,31H2,1-3H3. The van der Waals surface area contributed by atoms with Crippen molar-refractivity contribution in [2.45, 2.75) is 46.0 Å². The van der Waals surface area contributed by atoms with Crippen molar-refractivity contribution in [2.24, 2.45) is 5.41 Å². The minimum absolute atomic E-state index is 0.0971. The molecule has 0 radical (unpaired) electrons. The zero-order valence-corrected chi connectivity index (χ0v) is 22.5. The molecular formula is C30H37N5O3. The second-order valence-electron chi connectivity index (χ2n) is 11.2. The third-order valence-electron chi connectivity index (χ3n) is 7.69. The molecule has 0 atom stereocenters. The number of aromatic nitrogens is 2. The molecule has 1 saturated heterocycles. The van der Waals surface area contributed by atoms with Gasteiger partial charge in [-0.1, -0.05) is 51.1 Å². The van der Waals surface area contributed by atoms with Gasteiger partial charge in [0, 0.05) is 37.3 Å². The van der Waals surface area contributed by atoms with E-state index in [9.17, 15) is 9.59 Å². The molecule has 1 aliphatic heterocycles. The number of carbonyl (C=O) groups excluding carboxylic acids is 1. The number of amides is 1. The van der Waals surface area contributed by atoms with Crippen molar-refractivity contribution in [3.63, 3.8) is 0 Å². The Morgan fingerprint density at radius 1 is 1.08 bits per heavy atom. The number of piperazine rings is 1. The van der Waals surface area contributed by atoms with Crippen LogP contribution in [0.15, 0.2) is 59.5 Å². The number of carbonyl (C=O) groups is 1. The smallest absolute Gasteiger partial charge is 0.316 e. The fourth-order valence-electron chi connectivity index (χ4n) is 4.86. The monoisotopic (exact) mass is 515 g/mol. The highest BCUT2D eigenvalue weighted by Gasteiger charge is 2.39. The van der Waals surface area contributed by atoms with Gasteiger partial charge in [-0.3, -0.25) is 9.59 Å². The molecule has 3 aromatic rings. The van der Waals surface area contributed by atoms with Crippen LogP contribution in [0, 0.1) is 5.41 Å². The molecule has 0 bridgehead atoms. The van der Waals surface area contributed by atoms with Crippen molar-refractivity contribution in [2.75, 3.05) is 43.4 Å². The zero-order chi connectivity index (χ0) is 26.9. The maximum absolute atomic E-state index is 13.5. The van der Waals surface area contributed by atoms with Crippen LogP contribution < -0.4 is 20.9 Å². The van der Waals surface area contributed by atoms with Gasteiger partial charge in [0.25, 0.3) is 0 Å². The SMILES string of the molecule is CC(C)c1cc(CC(=O)N2CCN(c3cnn(-c4ccccc4)c(=O)c3OCC3(C)CC3)CC2)ccc1N. The van der Waals surface area contributed by atoms with Crippen LogP contribution in [0.4, 0.5) is 11.4 Å². The third-order valence-corrected chi connectivity index (χ3v) is 7.69. The highest BCUT2D eigenvalue weighted by atomic mass is 16.5. The van der Waals surface area contributed by atoms with Crippen LogP contribution in [0.3, 0.4) is 0 Å². The summed E-state index contributed by atoms with van der Waals surface area (Å²) in [6.07, 6.45) is 4.28. The maximum Gasteiger partial charge on any atom is 0.316 e. The Morgan fingerprint density at radius 2 is 1.79 bits per heavy atom. The van der Waals surface area contributed by atoms with Crippen molar-refractivity contribution in [3.05, 3.63) is 76.2 Å². The number of para-hydroxylation sites is 1. The molecule has 8 nitrogen and oxygen atoms in total. The van der Waals surface area contributed by atoms with Crippen molar-refractivity contribution < 1.29 is 9.53 Å². The molecule has 2 aliphatic rings. The van der Waals surface area contributed by atoms with E-state index >= 15 is 0 Å². The highest BCUT2D eigenvalue weighted by Crippen LogP contribution is 2.45. The summed E-state index contributed by atoms with van der Waals surface area (Å²) in [6, 6.07) is 15.3. The van der Waals surface area contributed by atoms with Crippen molar-refractivity contribution in [1.29, 1.82) is 0 Å². The predicted octanol–water partition coefficient (Wildman–Crippen LogP) is 4.01. The van der Waals surface area contributed by atoms with E-state index < -0.39 is 0 Å². The number of nitrogens with two attached hydrogens (primary N) is 1. The number of hydrogen-bond donors (Lipinski definition) is 1. The van der Waals surface area contributed by atoms with E-state index in [2.05, 4.69) is 30.8 Å². The van der Waals surface area contributed by atoms with Gasteiger partial charge in [-0.25, -0.2) is 0 Å². The van der Waals surface area contributed by atoms with Gasteiger partial charge in [0.2, 0.25) is 11.7 Å². The first-order valence-corrected chi connectivity index (χ1v) is 13.5. The summed E-state index contributed by atoms with van der Waals surface area (Å²) < 4.78 is 7.59. The van der Waals surface area contributed by atoms with Crippen molar-refractivity contribution >= 4 is 17.3 Å². The number of ether oxygens (including phenoxy) is 1. The topological polar surface area (TPSA) is 93.7 Å². The van der Waals surface area contributed by atoms with Crippen LogP contribution in [-0.4, -0.2) is 53.4 Å². The minimum atomic E-state index is -0.263. The number of rotatable bonds is 8. The Labute approximate surface area is 224 Å². The van der Waals surface area contributed by atoms with Gasteiger partial charge in [-0.05, 0) is 48.1 Å². The maximum atomic E-state index is 13.5. The van der Waals surface area contributed by atoms with Gasteiger partial charge in [0.1, 0.15) is 5.69 Å². The van der Waals surface area contributed by atoms with Gasteiger partial charge in [-0.2, -0.15) is 9.78 Å². The number of nitrogens with zero attached hydrogens (tertiary/aromatic N) is 4. The Hall–Kier alpha value is -3.81. The molecule has 200 valence electrons. The lowest BCUT2D eigenvalue weighted by molar-refractivity contribution is -0.130. The van der Waals surface area contributed by atoms with Gasteiger partial charge >= 0.3 is 5.56 Å². The summed E-state index contributed by atoms with van der Waals surface area (Å²) in [7, 11) is 0. The number of anilines is 2. The minimum Gasteiger partial charge on any atom is -0.486 e. The van der Waals surface area contributed by atoms with Crippen LogP contribution in [-0.2, 0) is 11.2 Å². The first kappa shape index (κ1) is 25.8. The Bertz CT molecular complexity index is 1360. The molecule has 0 unspecified atom stereocenters. The summed E-state index contributed by atoms with van der Waals surface area (Å²) in [4.78, 5) is 30.6. The lowest BCUT2D eigenvalue weighted by atomic mass is 9.97. The van der Waals surface area contributed by atoms with Crippen LogP contribution in [0.2, 0.25) is 0 Å². The first-order valence-electron chi connectivity index (χ1n) is 13.5. The molecule has 38 heavy (non-hydrogen) atoms. The molecule has 8 heteroatoms. The highest BCUT2D eigenvalue weighted by molar-refractivity contribution is 5.79. The Balaban J connectivity index is 1.31. The molecule has 1 saturated carbocycles. The van der Waals surface area contributed by atoms with E-state index in [-0.39, 0.29) is 16.9 Å². The van der Waals surface area contributed by atoms with E-state index in [4.69, 9.17) is 10.5 Å². The fourth-order valence-corrected chi connectivity index (χ4v) is 4.86. The molecule has 2 N–H and O–H groups in total. The van der Waals surface area contributed by atoms with Crippen LogP contribution in [0.1, 0.15) is 50.7 Å². The molecule has 1 aliphatic carbocycles. The van der Waals surface area contributed by atoms with E-state index in [1.165, 1.54) is 4.68 Å². The van der Waals surface area contributed by atoms with Crippen molar-refractivity contribution in [3.8, 4) is 11.4 Å². The van der Waals surface area contributed by atoms with Crippen molar-refractivity contribution in [1.82, 2.24) is 14.7 Å². The van der Waals surface area contributed by atoms with Crippen LogP contribution in [0.25, 0.3) is 5.69 Å². The summed E-state index contributed by atoms with van der Waals surface area (Å²) in [5.41, 5.74) is 10.2. The molecule has 1 aromatic heterocycles. The Morgan fingerprint density at radius 3 is 2.45 bits per heavy atom. The summed E-state index contributed by atoms with van der Waals surface area (Å²) in [5.74, 6) is 0.734. The molecule has 2 heterocycles. The van der Waals surface area contributed by atoms with Gasteiger partial charge in [0.15, 0.2) is 0 Å². The van der Waals surface area contributed by atoms with Crippen LogP contribution >= 0.6 is 0 Å². The normalized spacial score (nSPS) is 16.5. The largest absolute Gasteiger partial charge is 0.486 e. The summed E-state index contributed by atoms with van der Waals surface area (Å²) in [5, 5.41) is 4.48. The number of nitrogen functional groups attached to an aromatic ring is 1. The predicted molar refractivity (Wildman–Crippen MR) is 150 cm³/mol. The van der Waals surface area contributed by atoms with Crippen LogP contribution in [0.5, 0.6) is 5.75 Å². The average Bonchev–Trinajstić information content (AvgIpc) is 3.66. The first-order chi connectivity index (χ1) is 18.2. The summed E-state index contributed by atoms with van der Waals surface area (Å²) >= 11 is 0. The quantitative estimate of drug-likeness (QED) is 0.456. The molecule has 1 amide bonds.